The van der Waals surface area contributed by atoms with Crippen molar-refractivity contribution in [3.8, 4) is 0 Å². The van der Waals surface area contributed by atoms with Crippen LogP contribution in [0.4, 0.5) is 5.69 Å². The van der Waals surface area contributed by atoms with Crippen LogP contribution in [0.3, 0.4) is 0 Å². The third-order valence-electron chi connectivity index (χ3n) is 7.21. The summed E-state index contributed by atoms with van der Waals surface area (Å²) in [6.07, 6.45) is 2.72. The van der Waals surface area contributed by atoms with Crippen LogP contribution in [0.1, 0.15) is 85.5 Å². The van der Waals surface area contributed by atoms with Crippen molar-refractivity contribution in [3.05, 3.63) is 30.3 Å². The van der Waals surface area contributed by atoms with Gasteiger partial charge in [0.2, 0.25) is 5.91 Å². The Morgan fingerprint density at radius 1 is 0.897 bits per heavy atom. The average molecular weight is 552 g/mol. The number of aliphatic hydroxyl groups excluding tert-OH is 3. The molecule has 8 heteroatoms. The van der Waals surface area contributed by atoms with E-state index in [9.17, 15) is 24.9 Å². The van der Waals surface area contributed by atoms with E-state index in [1.807, 2.05) is 58.0 Å². The van der Waals surface area contributed by atoms with E-state index < -0.39 is 24.4 Å². The molecular weight excluding hydrogens is 498 g/mol. The molecule has 224 valence electrons. The van der Waals surface area contributed by atoms with Gasteiger partial charge in [0.25, 0.3) is 0 Å². The van der Waals surface area contributed by atoms with Gasteiger partial charge in [-0.3, -0.25) is 9.59 Å². The van der Waals surface area contributed by atoms with Crippen LogP contribution in [-0.2, 0) is 19.1 Å². The number of aliphatic hydroxyl groups is 3. The van der Waals surface area contributed by atoms with Gasteiger partial charge < -0.3 is 29.7 Å². The predicted octanol–water partition coefficient (Wildman–Crippen LogP) is 4.53. The van der Waals surface area contributed by atoms with Gasteiger partial charge in [-0.25, -0.2) is 0 Å². The molecule has 1 aromatic rings. The topological polar surface area (TPSA) is 117 Å². The Morgan fingerprint density at radius 3 is 2.08 bits per heavy atom. The van der Waals surface area contributed by atoms with Crippen LogP contribution >= 0.6 is 0 Å². The second-order valence-corrected chi connectivity index (χ2v) is 10.4. The number of rotatable bonds is 17. The maximum absolute atomic E-state index is 12.4. The highest BCUT2D eigenvalue weighted by Crippen LogP contribution is 2.30. The van der Waals surface area contributed by atoms with Crippen LogP contribution in [0.15, 0.2) is 30.3 Å². The third-order valence-corrected chi connectivity index (χ3v) is 7.21. The summed E-state index contributed by atoms with van der Waals surface area (Å²) in [5.41, 5.74) is 0.875. The van der Waals surface area contributed by atoms with Crippen molar-refractivity contribution in [2.45, 2.75) is 110 Å². The number of unbranched alkanes of at least 4 members (excludes halogenated alkanes) is 4. The number of carbonyl (C=O) groups is 2. The van der Waals surface area contributed by atoms with Crippen molar-refractivity contribution < 1.29 is 34.4 Å². The van der Waals surface area contributed by atoms with Gasteiger partial charge in [-0.05, 0) is 44.2 Å². The predicted molar refractivity (Wildman–Crippen MR) is 155 cm³/mol. The first-order valence-electron chi connectivity index (χ1n) is 14.8. The molecule has 0 aromatic heterocycles. The van der Waals surface area contributed by atoms with Gasteiger partial charge in [-0.15, -0.1) is 0 Å². The van der Waals surface area contributed by atoms with E-state index in [1.54, 1.807) is 11.9 Å². The van der Waals surface area contributed by atoms with Crippen LogP contribution in [0, 0.1) is 11.8 Å². The van der Waals surface area contributed by atoms with E-state index in [0.29, 0.717) is 32.5 Å². The first-order valence-corrected chi connectivity index (χ1v) is 14.8. The van der Waals surface area contributed by atoms with Crippen molar-refractivity contribution in [2.24, 2.45) is 11.8 Å². The highest BCUT2D eigenvalue weighted by Gasteiger charge is 2.44. The maximum Gasteiger partial charge on any atom is 0.226 e. The Hall–Kier alpha value is -1.84. The summed E-state index contributed by atoms with van der Waals surface area (Å²) in [5, 5.41) is 31.1. The zero-order valence-electron chi connectivity index (χ0n) is 24.8. The van der Waals surface area contributed by atoms with Crippen LogP contribution in [0.5, 0.6) is 0 Å². The Balaban J connectivity index is 0.00000371. The van der Waals surface area contributed by atoms with Crippen molar-refractivity contribution >= 4 is 17.4 Å². The van der Waals surface area contributed by atoms with Crippen LogP contribution in [0.2, 0.25) is 0 Å². The average Bonchev–Trinajstić information content (AvgIpc) is 2.96. The number of benzene rings is 1. The summed E-state index contributed by atoms with van der Waals surface area (Å²) >= 11 is 0. The fourth-order valence-corrected chi connectivity index (χ4v) is 4.68. The van der Waals surface area contributed by atoms with Crippen LogP contribution < -0.4 is 4.90 Å². The Kier molecular flexibility index (Phi) is 18.1. The quantitative estimate of drug-likeness (QED) is 0.244. The Bertz CT molecular complexity index is 786. The standard InChI is InChI=1S/C29H47NO7.C2H6/c1-21(2)24(32)15-9-5-12-18-37-29-22(20-31)19-25(27(34)28(29)35)36-17-11-6-10-16-26(33)30(3)23-13-7-4-8-14-23;1-2/h4,7-8,13-14,21-22,25,27-29,31,34-35H,5-6,9-12,15-20H2,1-3H3;1-2H3/t22?,25-,27+,28?,29+;/m0./s1. The largest absolute Gasteiger partial charge is 0.396 e. The molecule has 0 heterocycles. The first-order chi connectivity index (χ1) is 18.8. The molecule has 0 spiro atoms. The van der Waals surface area contributed by atoms with Gasteiger partial charge in [0.05, 0.1) is 12.2 Å². The van der Waals surface area contributed by atoms with Crippen molar-refractivity contribution in [1.82, 2.24) is 0 Å². The summed E-state index contributed by atoms with van der Waals surface area (Å²) in [5.74, 6) is 0.0740. The number of Topliss-reactive ketones (excluding diaryl/α,β-unsaturated/α-hetero) is 1. The zero-order valence-corrected chi connectivity index (χ0v) is 24.8. The van der Waals surface area contributed by atoms with E-state index in [0.717, 1.165) is 44.2 Å². The monoisotopic (exact) mass is 551 g/mol. The minimum absolute atomic E-state index is 0.0618. The third kappa shape index (κ3) is 12.5. The second kappa shape index (κ2) is 20.1. The zero-order chi connectivity index (χ0) is 29.2. The summed E-state index contributed by atoms with van der Waals surface area (Å²) < 4.78 is 11.7. The summed E-state index contributed by atoms with van der Waals surface area (Å²) in [6.45, 7) is 8.47. The number of ketones is 1. The number of para-hydroxylation sites is 1. The SMILES string of the molecule is CC.CC(C)C(=O)CCCCCO[C@@H]1C(CO)C[C@H](OCCCCCC(=O)N(C)c2ccccc2)[C@@H](O)C1O. The van der Waals surface area contributed by atoms with E-state index in [4.69, 9.17) is 9.47 Å². The second-order valence-electron chi connectivity index (χ2n) is 10.4. The molecule has 0 saturated heterocycles. The number of hydrogen-bond acceptors (Lipinski definition) is 7. The molecule has 0 bridgehead atoms. The number of hydrogen-bond donors (Lipinski definition) is 3. The molecule has 8 nitrogen and oxygen atoms in total. The number of carbonyl (C=O) groups excluding carboxylic acids is 2. The van der Waals surface area contributed by atoms with Crippen LogP contribution in [-0.4, -0.2) is 78.3 Å². The van der Waals surface area contributed by atoms with E-state index >= 15 is 0 Å². The van der Waals surface area contributed by atoms with Gasteiger partial charge >= 0.3 is 0 Å². The molecule has 1 aromatic carbocycles. The fourth-order valence-electron chi connectivity index (χ4n) is 4.68. The van der Waals surface area contributed by atoms with Gasteiger partial charge in [-0.2, -0.15) is 0 Å². The number of anilines is 1. The lowest BCUT2D eigenvalue weighted by atomic mass is 9.81. The minimum atomic E-state index is -1.13. The number of amides is 1. The molecule has 3 N–H and O–H groups in total. The molecule has 0 radical (unpaired) electrons. The normalized spacial score (nSPS) is 22.7. The molecule has 2 rings (SSSR count). The highest BCUT2D eigenvalue weighted by atomic mass is 16.5. The molecule has 1 aliphatic rings. The van der Waals surface area contributed by atoms with Gasteiger partial charge in [0.1, 0.15) is 18.0 Å². The summed E-state index contributed by atoms with van der Waals surface area (Å²) in [6, 6.07) is 9.54. The molecule has 1 aliphatic carbocycles. The molecule has 1 amide bonds. The molecule has 1 saturated carbocycles. The lowest BCUT2D eigenvalue weighted by Crippen LogP contribution is -2.56. The first kappa shape index (κ1) is 35.2. The number of ether oxygens (including phenoxy) is 2. The van der Waals surface area contributed by atoms with Crippen molar-refractivity contribution in [2.75, 3.05) is 31.8 Å². The smallest absolute Gasteiger partial charge is 0.226 e. The van der Waals surface area contributed by atoms with Gasteiger partial charge in [0, 0.05) is 57.2 Å². The maximum atomic E-state index is 12.4. The molecule has 5 atom stereocenters. The lowest BCUT2D eigenvalue weighted by molar-refractivity contribution is -0.193. The fraction of sp³-hybridized carbons (Fsp3) is 0.742. The van der Waals surface area contributed by atoms with E-state index in [2.05, 4.69) is 0 Å². The Labute approximate surface area is 235 Å². The molecule has 1 fully saturated rings. The van der Waals surface area contributed by atoms with E-state index in [1.165, 1.54) is 0 Å². The molecule has 2 unspecified atom stereocenters. The molecule has 0 aliphatic heterocycles. The number of nitrogens with zero attached hydrogens (tertiary/aromatic N) is 1. The van der Waals surface area contributed by atoms with Crippen LogP contribution in [0.25, 0.3) is 0 Å². The molecule has 39 heavy (non-hydrogen) atoms. The van der Waals surface area contributed by atoms with Crippen molar-refractivity contribution in [3.63, 3.8) is 0 Å². The van der Waals surface area contributed by atoms with Crippen molar-refractivity contribution in [1.29, 1.82) is 0 Å². The van der Waals surface area contributed by atoms with E-state index in [-0.39, 0.29) is 30.1 Å². The Morgan fingerprint density at radius 2 is 1.49 bits per heavy atom. The highest BCUT2D eigenvalue weighted by molar-refractivity contribution is 5.92. The summed E-state index contributed by atoms with van der Waals surface area (Å²) in [7, 11) is 1.78. The minimum Gasteiger partial charge on any atom is -0.396 e. The van der Waals surface area contributed by atoms with Gasteiger partial charge in [-0.1, -0.05) is 58.7 Å². The summed E-state index contributed by atoms with van der Waals surface area (Å²) in [4.78, 5) is 25.7. The molecular formula is C31H53NO7. The lowest BCUT2D eigenvalue weighted by Gasteiger charge is -2.41. The van der Waals surface area contributed by atoms with Gasteiger partial charge in [0.15, 0.2) is 0 Å².